The van der Waals surface area contributed by atoms with Crippen LogP contribution in [0.2, 0.25) is 0 Å². The summed E-state index contributed by atoms with van der Waals surface area (Å²) < 4.78 is 15.5. The van der Waals surface area contributed by atoms with Crippen molar-refractivity contribution in [1.29, 1.82) is 0 Å². The molecule has 15 heavy (non-hydrogen) atoms. The summed E-state index contributed by atoms with van der Waals surface area (Å²) in [7, 11) is 0. The number of alkyl carbamates (subject to hydrolysis) is 1. The Morgan fingerprint density at radius 1 is 1.60 bits per heavy atom. The van der Waals surface area contributed by atoms with E-state index in [0.29, 0.717) is 19.8 Å². The van der Waals surface area contributed by atoms with Gasteiger partial charge in [0.1, 0.15) is 6.10 Å². The average molecular weight is 218 g/mol. The second kappa shape index (κ2) is 5.89. The summed E-state index contributed by atoms with van der Waals surface area (Å²) in [4.78, 5) is 10.9. The SMILES string of the molecule is CCOC(C)OCC1OC(=O)NC1CN. The van der Waals surface area contributed by atoms with Gasteiger partial charge in [-0.3, -0.25) is 0 Å². The Balaban J connectivity index is 2.28. The van der Waals surface area contributed by atoms with Crippen molar-refractivity contribution in [2.24, 2.45) is 5.73 Å². The molecule has 1 rings (SSSR count). The Hall–Kier alpha value is -0.850. The molecule has 0 aliphatic carbocycles. The van der Waals surface area contributed by atoms with Crippen LogP contribution in [-0.2, 0) is 14.2 Å². The predicted molar refractivity (Wildman–Crippen MR) is 53.3 cm³/mol. The molecule has 3 unspecified atom stereocenters. The average Bonchev–Trinajstić information content (AvgIpc) is 2.56. The monoisotopic (exact) mass is 218 g/mol. The topological polar surface area (TPSA) is 82.8 Å². The van der Waals surface area contributed by atoms with Gasteiger partial charge >= 0.3 is 6.09 Å². The summed E-state index contributed by atoms with van der Waals surface area (Å²) in [5.74, 6) is 0. The number of nitrogens with two attached hydrogens (primary N) is 1. The molecule has 0 aromatic rings. The van der Waals surface area contributed by atoms with Crippen LogP contribution in [0.15, 0.2) is 0 Å². The summed E-state index contributed by atoms with van der Waals surface area (Å²) in [6.07, 6.45) is -1.07. The molecular weight excluding hydrogens is 200 g/mol. The van der Waals surface area contributed by atoms with Gasteiger partial charge in [0.2, 0.25) is 0 Å². The van der Waals surface area contributed by atoms with Crippen molar-refractivity contribution in [2.75, 3.05) is 19.8 Å². The molecule has 3 N–H and O–H groups in total. The highest BCUT2D eigenvalue weighted by Gasteiger charge is 2.33. The van der Waals surface area contributed by atoms with Crippen molar-refractivity contribution in [3.8, 4) is 0 Å². The van der Waals surface area contributed by atoms with Crippen LogP contribution in [0.4, 0.5) is 4.79 Å². The maximum atomic E-state index is 10.9. The normalized spacial score (nSPS) is 27.3. The Kier molecular flexibility index (Phi) is 4.80. The number of hydrogen-bond acceptors (Lipinski definition) is 5. The zero-order valence-corrected chi connectivity index (χ0v) is 9.06. The summed E-state index contributed by atoms with van der Waals surface area (Å²) in [5, 5.41) is 2.60. The Morgan fingerprint density at radius 2 is 2.33 bits per heavy atom. The molecule has 88 valence electrons. The first-order chi connectivity index (χ1) is 7.17. The number of hydrogen-bond donors (Lipinski definition) is 2. The Labute approximate surface area is 89.0 Å². The van der Waals surface area contributed by atoms with Crippen molar-refractivity contribution in [1.82, 2.24) is 5.32 Å². The molecule has 6 heteroatoms. The van der Waals surface area contributed by atoms with E-state index in [1.807, 2.05) is 6.92 Å². The van der Waals surface area contributed by atoms with Gasteiger partial charge in [-0.25, -0.2) is 4.79 Å². The molecule has 6 nitrogen and oxygen atoms in total. The summed E-state index contributed by atoms with van der Waals surface area (Å²) in [6.45, 7) is 4.90. The molecule has 1 aliphatic rings. The maximum Gasteiger partial charge on any atom is 0.407 e. The first kappa shape index (κ1) is 12.2. The minimum absolute atomic E-state index is 0.175. The van der Waals surface area contributed by atoms with Crippen LogP contribution in [0.3, 0.4) is 0 Å². The van der Waals surface area contributed by atoms with E-state index in [0.717, 1.165) is 0 Å². The van der Waals surface area contributed by atoms with Crippen LogP contribution < -0.4 is 11.1 Å². The minimum atomic E-state index is -0.442. The van der Waals surface area contributed by atoms with Gasteiger partial charge in [0.25, 0.3) is 0 Å². The van der Waals surface area contributed by atoms with E-state index in [4.69, 9.17) is 19.9 Å². The van der Waals surface area contributed by atoms with Crippen molar-refractivity contribution in [3.63, 3.8) is 0 Å². The summed E-state index contributed by atoms with van der Waals surface area (Å²) in [5.41, 5.74) is 5.47. The van der Waals surface area contributed by atoms with Gasteiger partial charge in [-0.05, 0) is 13.8 Å². The van der Waals surface area contributed by atoms with Crippen molar-refractivity contribution >= 4 is 6.09 Å². The number of rotatable bonds is 6. The van der Waals surface area contributed by atoms with Crippen LogP contribution in [-0.4, -0.2) is 44.3 Å². The zero-order chi connectivity index (χ0) is 11.3. The second-order valence-corrected chi connectivity index (χ2v) is 3.29. The number of carbonyl (C=O) groups is 1. The molecule has 0 radical (unpaired) electrons. The predicted octanol–water partition coefficient (Wildman–Crippen LogP) is -0.179. The molecule has 0 saturated carbocycles. The molecule has 0 bridgehead atoms. The quantitative estimate of drug-likeness (QED) is 0.604. The zero-order valence-electron chi connectivity index (χ0n) is 9.06. The van der Waals surface area contributed by atoms with Gasteiger partial charge in [0, 0.05) is 13.2 Å². The molecule has 1 heterocycles. The lowest BCUT2D eigenvalue weighted by Gasteiger charge is -2.18. The van der Waals surface area contributed by atoms with Gasteiger partial charge in [-0.1, -0.05) is 0 Å². The number of amides is 1. The highest BCUT2D eigenvalue weighted by atomic mass is 16.7. The van der Waals surface area contributed by atoms with E-state index in [9.17, 15) is 4.79 Å². The molecule has 3 atom stereocenters. The molecular formula is C9H18N2O4. The largest absolute Gasteiger partial charge is 0.442 e. The number of cyclic esters (lactones) is 1. The van der Waals surface area contributed by atoms with Gasteiger partial charge in [0.15, 0.2) is 6.29 Å². The van der Waals surface area contributed by atoms with Crippen molar-refractivity contribution < 1.29 is 19.0 Å². The molecule has 0 aromatic heterocycles. The molecule has 1 saturated heterocycles. The molecule has 1 fully saturated rings. The van der Waals surface area contributed by atoms with Crippen LogP contribution in [0.25, 0.3) is 0 Å². The lowest BCUT2D eigenvalue weighted by atomic mass is 10.2. The Morgan fingerprint density at radius 3 is 2.93 bits per heavy atom. The smallest absolute Gasteiger partial charge is 0.407 e. The molecule has 0 aromatic carbocycles. The lowest BCUT2D eigenvalue weighted by Crippen LogP contribution is -2.41. The van der Waals surface area contributed by atoms with Gasteiger partial charge in [0.05, 0.1) is 12.6 Å². The number of ether oxygens (including phenoxy) is 3. The lowest BCUT2D eigenvalue weighted by molar-refractivity contribution is -0.142. The molecule has 1 aliphatic heterocycles. The van der Waals surface area contributed by atoms with E-state index in [1.54, 1.807) is 6.92 Å². The fourth-order valence-electron chi connectivity index (χ4n) is 1.37. The van der Waals surface area contributed by atoms with Gasteiger partial charge in [-0.2, -0.15) is 0 Å². The third kappa shape index (κ3) is 3.65. The van der Waals surface area contributed by atoms with E-state index >= 15 is 0 Å². The first-order valence-electron chi connectivity index (χ1n) is 5.07. The maximum absolute atomic E-state index is 10.9. The van der Waals surface area contributed by atoms with E-state index in [1.165, 1.54) is 0 Å². The standard InChI is InChI=1S/C9H18N2O4/c1-3-13-6(2)14-5-8-7(4-10)11-9(12)15-8/h6-8H,3-5,10H2,1-2H3,(H,11,12). The second-order valence-electron chi connectivity index (χ2n) is 3.29. The minimum Gasteiger partial charge on any atom is -0.442 e. The number of nitrogens with one attached hydrogen (secondary N) is 1. The van der Waals surface area contributed by atoms with Crippen LogP contribution in [0, 0.1) is 0 Å². The van der Waals surface area contributed by atoms with Crippen LogP contribution in [0.1, 0.15) is 13.8 Å². The highest BCUT2D eigenvalue weighted by Crippen LogP contribution is 2.09. The fourth-order valence-corrected chi connectivity index (χ4v) is 1.37. The van der Waals surface area contributed by atoms with E-state index in [2.05, 4.69) is 5.32 Å². The van der Waals surface area contributed by atoms with Gasteiger partial charge in [-0.15, -0.1) is 0 Å². The summed E-state index contributed by atoms with van der Waals surface area (Å²) in [6, 6.07) is -0.175. The third-order valence-electron chi connectivity index (χ3n) is 2.16. The third-order valence-corrected chi connectivity index (χ3v) is 2.16. The number of carbonyl (C=O) groups excluding carboxylic acids is 1. The Bertz CT molecular complexity index is 212. The van der Waals surface area contributed by atoms with Crippen LogP contribution in [0.5, 0.6) is 0 Å². The highest BCUT2D eigenvalue weighted by molar-refractivity contribution is 5.70. The van der Waals surface area contributed by atoms with E-state index < -0.39 is 6.09 Å². The van der Waals surface area contributed by atoms with Crippen molar-refractivity contribution in [3.05, 3.63) is 0 Å². The summed E-state index contributed by atoms with van der Waals surface area (Å²) >= 11 is 0. The van der Waals surface area contributed by atoms with Crippen LogP contribution >= 0.6 is 0 Å². The first-order valence-corrected chi connectivity index (χ1v) is 5.07. The fraction of sp³-hybridized carbons (Fsp3) is 0.889. The molecule has 0 spiro atoms. The van der Waals surface area contributed by atoms with Crippen molar-refractivity contribution in [2.45, 2.75) is 32.3 Å². The van der Waals surface area contributed by atoms with E-state index in [-0.39, 0.29) is 18.4 Å². The van der Waals surface area contributed by atoms with Gasteiger partial charge < -0.3 is 25.3 Å². The molecule has 1 amide bonds.